The summed E-state index contributed by atoms with van der Waals surface area (Å²) in [5.41, 5.74) is 0. The second-order valence-electron chi connectivity index (χ2n) is 4.03. The van der Waals surface area contributed by atoms with Gasteiger partial charge < -0.3 is 9.73 Å². The molecule has 0 aliphatic rings. The molecule has 0 radical (unpaired) electrons. The molecular weight excluding hydrogens is 226 g/mol. The smallest absolute Gasteiger partial charge is 0.148 e. The van der Waals surface area contributed by atoms with Crippen LogP contribution in [0.4, 0.5) is 0 Å². The van der Waals surface area contributed by atoms with Gasteiger partial charge in [-0.2, -0.15) is 0 Å². The summed E-state index contributed by atoms with van der Waals surface area (Å²) >= 11 is 0. The topological polar surface area (TPSA) is 59.3 Å². The van der Waals surface area contributed by atoms with E-state index in [1.54, 1.807) is 6.26 Å². The molecule has 4 nitrogen and oxygen atoms in total. The number of hydrogen-bond acceptors (Lipinski definition) is 4. The summed E-state index contributed by atoms with van der Waals surface area (Å²) in [6.07, 6.45) is 4.46. The van der Waals surface area contributed by atoms with Gasteiger partial charge in [0.2, 0.25) is 0 Å². The van der Waals surface area contributed by atoms with Crippen LogP contribution in [0.1, 0.15) is 19.1 Å². The molecule has 0 spiro atoms. The van der Waals surface area contributed by atoms with E-state index in [1.165, 1.54) is 6.26 Å². The first-order valence-corrected chi connectivity index (χ1v) is 7.51. The van der Waals surface area contributed by atoms with Crippen molar-refractivity contribution in [2.24, 2.45) is 0 Å². The molecule has 0 saturated carbocycles. The van der Waals surface area contributed by atoms with E-state index in [0.29, 0.717) is 6.42 Å². The standard InChI is InChI=1S/C11H19NO3S/c1-3-6-12-10(9-16(2,13)14)8-11-5-4-7-15-11/h4-5,7,10,12H,3,6,8-9H2,1-2H3. The van der Waals surface area contributed by atoms with Crippen LogP contribution in [-0.4, -0.2) is 33.0 Å². The van der Waals surface area contributed by atoms with Gasteiger partial charge in [0.1, 0.15) is 15.6 Å². The molecule has 5 heteroatoms. The minimum absolute atomic E-state index is 0.0684. The minimum atomic E-state index is -2.96. The summed E-state index contributed by atoms with van der Waals surface area (Å²) in [5.74, 6) is 0.963. The van der Waals surface area contributed by atoms with E-state index in [2.05, 4.69) is 12.2 Å². The fourth-order valence-corrected chi connectivity index (χ4v) is 2.54. The normalized spacial score (nSPS) is 13.9. The van der Waals surface area contributed by atoms with Crippen molar-refractivity contribution >= 4 is 9.84 Å². The summed E-state index contributed by atoms with van der Waals surface area (Å²) in [6.45, 7) is 2.87. The molecule has 0 bridgehead atoms. The lowest BCUT2D eigenvalue weighted by molar-refractivity contribution is 0.456. The molecule has 1 unspecified atom stereocenters. The molecule has 1 N–H and O–H groups in total. The molecule has 0 aliphatic heterocycles. The summed E-state index contributed by atoms with van der Waals surface area (Å²) in [6, 6.07) is 3.61. The average Bonchev–Trinajstić information content (AvgIpc) is 2.64. The molecule has 1 atom stereocenters. The summed E-state index contributed by atoms with van der Waals surface area (Å²) in [5, 5.41) is 3.23. The zero-order valence-electron chi connectivity index (χ0n) is 9.77. The first kappa shape index (κ1) is 13.3. The van der Waals surface area contributed by atoms with Crippen molar-refractivity contribution in [1.82, 2.24) is 5.32 Å². The first-order chi connectivity index (χ1) is 7.51. The maximum absolute atomic E-state index is 11.3. The molecule has 0 amide bonds. The van der Waals surface area contributed by atoms with E-state index in [0.717, 1.165) is 18.7 Å². The molecule has 1 rings (SSSR count). The van der Waals surface area contributed by atoms with Crippen LogP contribution in [-0.2, 0) is 16.3 Å². The summed E-state index contributed by atoms with van der Waals surface area (Å²) in [4.78, 5) is 0. The van der Waals surface area contributed by atoms with Crippen LogP contribution < -0.4 is 5.32 Å². The van der Waals surface area contributed by atoms with E-state index in [4.69, 9.17) is 4.42 Å². The zero-order valence-corrected chi connectivity index (χ0v) is 10.6. The molecule has 92 valence electrons. The lowest BCUT2D eigenvalue weighted by Gasteiger charge is -2.16. The Morgan fingerprint density at radius 2 is 2.25 bits per heavy atom. The Morgan fingerprint density at radius 3 is 2.75 bits per heavy atom. The van der Waals surface area contributed by atoms with Gasteiger partial charge in [0.15, 0.2) is 0 Å². The highest BCUT2D eigenvalue weighted by atomic mass is 32.2. The Balaban J connectivity index is 2.56. The number of furan rings is 1. The van der Waals surface area contributed by atoms with Gasteiger partial charge in [0, 0.05) is 18.7 Å². The Labute approximate surface area is 97.0 Å². The Hall–Kier alpha value is -0.810. The molecule has 16 heavy (non-hydrogen) atoms. The van der Waals surface area contributed by atoms with E-state index < -0.39 is 9.84 Å². The second kappa shape index (κ2) is 6.06. The van der Waals surface area contributed by atoms with Crippen molar-refractivity contribution in [3.8, 4) is 0 Å². The monoisotopic (exact) mass is 245 g/mol. The Morgan fingerprint density at radius 1 is 1.50 bits per heavy atom. The predicted molar refractivity (Wildman–Crippen MR) is 64.2 cm³/mol. The molecule has 0 aromatic carbocycles. The second-order valence-corrected chi connectivity index (χ2v) is 6.21. The van der Waals surface area contributed by atoms with Crippen molar-refractivity contribution in [1.29, 1.82) is 0 Å². The van der Waals surface area contributed by atoms with E-state index >= 15 is 0 Å². The Bertz CT molecular complexity index is 383. The quantitative estimate of drug-likeness (QED) is 0.785. The van der Waals surface area contributed by atoms with Gasteiger partial charge >= 0.3 is 0 Å². The maximum atomic E-state index is 11.3. The molecule has 1 aromatic heterocycles. The van der Waals surface area contributed by atoms with Crippen LogP contribution in [0.5, 0.6) is 0 Å². The molecule has 1 heterocycles. The first-order valence-electron chi connectivity index (χ1n) is 5.44. The number of sulfone groups is 1. The van der Waals surface area contributed by atoms with Crippen molar-refractivity contribution in [2.45, 2.75) is 25.8 Å². The molecular formula is C11H19NO3S. The van der Waals surface area contributed by atoms with Gasteiger partial charge in [-0.3, -0.25) is 0 Å². The predicted octanol–water partition coefficient (Wildman–Crippen LogP) is 1.23. The highest BCUT2D eigenvalue weighted by molar-refractivity contribution is 7.90. The fourth-order valence-electron chi connectivity index (χ4n) is 1.58. The van der Waals surface area contributed by atoms with Crippen LogP contribution >= 0.6 is 0 Å². The lowest BCUT2D eigenvalue weighted by atomic mass is 10.2. The third-order valence-corrected chi connectivity index (χ3v) is 3.22. The third kappa shape index (κ3) is 5.32. The maximum Gasteiger partial charge on any atom is 0.148 e. The highest BCUT2D eigenvalue weighted by Gasteiger charge is 2.16. The van der Waals surface area contributed by atoms with Crippen molar-refractivity contribution in [3.05, 3.63) is 24.2 Å². The van der Waals surface area contributed by atoms with Gasteiger partial charge in [0.25, 0.3) is 0 Å². The molecule has 0 aliphatic carbocycles. The van der Waals surface area contributed by atoms with Crippen molar-refractivity contribution < 1.29 is 12.8 Å². The molecule has 0 fully saturated rings. The number of hydrogen-bond donors (Lipinski definition) is 1. The summed E-state index contributed by atoms with van der Waals surface area (Å²) in [7, 11) is -2.96. The fraction of sp³-hybridized carbons (Fsp3) is 0.636. The number of nitrogens with one attached hydrogen (secondary N) is 1. The van der Waals surface area contributed by atoms with E-state index in [-0.39, 0.29) is 11.8 Å². The van der Waals surface area contributed by atoms with Gasteiger partial charge in [-0.15, -0.1) is 0 Å². The summed E-state index contributed by atoms with van der Waals surface area (Å²) < 4.78 is 27.7. The third-order valence-electron chi connectivity index (χ3n) is 2.21. The molecule has 1 aromatic rings. The van der Waals surface area contributed by atoms with Crippen LogP contribution in [0.15, 0.2) is 22.8 Å². The average molecular weight is 245 g/mol. The van der Waals surface area contributed by atoms with Crippen LogP contribution in [0.25, 0.3) is 0 Å². The minimum Gasteiger partial charge on any atom is -0.469 e. The van der Waals surface area contributed by atoms with Crippen LogP contribution in [0.2, 0.25) is 0 Å². The van der Waals surface area contributed by atoms with E-state index in [1.807, 2.05) is 12.1 Å². The number of rotatable bonds is 7. The van der Waals surface area contributed by atoms with Gasteiger partial charge in [0.05, 0.1) is 12.0 Å². The SMILES string of the molecule is CCCNC(Cc1ccco1)CS(C)(=O)=O. The van der Waals surface area contributed by atoms with Gasteiger partial charge in [-0.25, -0.2) is 8.42 Å². The van der Waals surface area contributed by atoms with Crippen molar-refractivity contribution in [3.63, 3.8) is 0 Å². The van der Waals surface area contributed by atoms with E-state index in [9.17, 15) is 8.42 Å². The van der Waals surface area contributed by atoms with Gasteiger partial charge in [-0.05, 0) is 25.1 Å². The van der Waals surface area contributed by atoms with Crippen molar-refractivity contribution in [2.75, 3.05) is 18.6 Å². The molecule has 0 saturated heterocycles. The van der Waals surface area contributed by atoms with Crippen LogP contribution in [0, 0.1) is 0 Å². The van der Waals surface area contributed by atoms with Gasteiger partial charge in [-0.1, -0.05) is 6.92 Å². The largest absolute Gasteiger partial charge is 0.469 e. The zero-order chi connectivity index (χ0) is 12.0. The lowest BCUT2D eigenvalue weighted by Crippen LogP contribution is -2.37. The highest BCUT2D eigenvalue weighted by Crippen LogP contribution is 2.06. The Kier molecular flexibility index (Phi) is 5.02. The van der Waals surface area contributed by atoms with Crippen LogP contribution in [0.3, 0.4) is 0 Å².